The number of likely N-dealkylation sites (N-methyl/N-ethyl adjacent to an activating group) is 1. The molecular weight excluding hydrogens is 306 g/mol. The van der Waals surface area contributed by atoms with Crippen LogP contribution in [0.2, 0.25) is 0 Å². The van der Waals surface area contributed by atoms with Crippen molar-refractivity contribution >= 4 is 16.1 Å². The zero-order chi connectivity index (χ0) is 15.9. The Bertz CT molecular complexity index is 678. The molecular formula is C13H21N5O3S. The van der Waals surface area contributed by atoms with Crippen LogP contribution in [0, 0.1) is 0 Å². The van der Waals surface area contributed by atoms with E-state index in [1.54, 1.807) is 25.0 Å². The average Bonchev–Trinajstić information content (AvgIpc) is 3.13. The van der Waals surface area contributed by atoms with Crippen LogP contribution in [-0.2, 0) is 28.6 Å². The van der Waals surface area contributed by atoms with Gasteiger partial charge in [0.1, 0.15) is 0 Å². The third kappa shape index (κ3) is 2.53. The van der Waals surface area contributed by atoms with Gasteiger partial charge in [-0.3, -0.25) is 9.48 Å². The molecule has 0 aromatic carbocycles. The fourth-order valence-corrected chi connectivity index (χ4v) is 4.84. The van der Waals surface area contributed by atoms with E-state index in [0.717, 1.165) is 18.4 Å². The monoisotopic (exact) mass is 327 g/mol. The molecule has 3 heterocycles. The summed E-state index contributed by atoms with van der Waals surface area (Å²) in [6, 6.07) is 0. The summed E-state index contributed by atoms with van der Waals surface area (Å²) in [7, 11) is -0.189. The number of rotatable bonds is 3. The minimum atomic E-state index is -3.52. The Balaban J connectivity index is 1.94. The maximum absolute atomic E-state index is 12.8. The molecule has 2 aliphatic rings. The van der Waals surface area contributed by atoms with Crippen molar-refractivity contribution in [1.29, 1.82) is 0 Å². The molecule has 8 nitrogen and oxygen atoms in total. The van der Waals surface area contributed by atoms with Gasteiger partial charge >= 0.3 is 0 Å². The standard InChI is InChI=1S/C13H21N5O3S/c1-14-13(19)11-9-18(8-10-7-16(2)15-12(10)11)22(20,21)17-5-3-4-6-17/h7,11H,3-6,8-9H2,1-2H3,(H,14,19)/t11-/m1/s1. The molecule has 0 radical (unpaired) electrons. The molecule has 2 aliphatic heterocycles. The van der Waals surface area contributed by atoms with Crippen molar-refractivity contribution in [3.63, 3.8) is 0 Å². The number of carbonyl (C=O) groups excluding carboxylic acids is 1. The maximum atomic E-state index is 12.8. The Hall–Kier alpha value is -1.45. The first-order valence-electron chi connectivity index (χ1n) is 7.42. The van der Waals surface area contributed by atoms with Gasteiger partial charge in [0.05, 0.1) is 11.6 Å². The lowest BCUT2D eigenvalue weighted by Gasteiger charge is -2.32. The van der Waals surface area contributed by atoms with E-state index < -0.39 is 16.1 Å². The summed E-state index contributed by atoms with van der Waals surface area (Å²) in [5.41, 5.74) is 1.47. The normalized spacial score (nSPS) is 23.5. The number of carbonyl (C=O) groups is 1. The van der Waals surface area contributed by atoms with Crippen molar-refractivity contribution in [3.05, 3.63) is 17.5 Å². The number of hydrogen-bond donors (Lipinski definition) is 1. The molecule has 9 heteroatoms. The molecule has 22 heavy (non-hydrogen) atoms. The van der Waals surface area contributed by atoms with E-state index in [-0.39, 0.29) is 19.0 Å². The van der Waals surface area contributed by atoms with Gasteiger partial charge < -0.3 is 5.32 Å². The number of nitrogens with one attached hydrogen (secondary N) is 1. The van der Waals surface area contributed by atoms with Gasteiger partial charge in [-0.15, -0.1) is 0 Å². The van der Waals surface area contributed by atoms with E-state index in [4.69, 9.17) is 0 Å². The Morgan fingerprint density at radius 2 is 2.00 bits per heavy atom. The molecule has 1 saturated heterocycles. The predicted octanol–water partition coefficient (Wildman–Crippen LogP) is -0.594. The molecule has 1 aromatic heterocycles. The van der Waals surface area contributed by atoms with Gasteiger partial charge in [-0.2, -0.15) is 22.1 Å². The van der Waals surface area contributed by atoms with Crippen molar-refractivity contribution in [1.82, 2.24) is 23.7 Å². The number of aromatic nitrogens is 2. The van der Waals surface area contributed by atoms with Crippen molar-refractivity contribution in [2.45, 2.75) is 25.3 Å². The lowest BCUT2D eigenvalue weighted by Crippen LogP contribution is -2.48. The van der Waals surface area contributed by atoms with Crippen molar-refractivity contribution in [2.75, 3.05) is 26.7 Å². The first-order chi connectivity index (χ1) is 10.4. The van der Waals surface area contributed by atoms with E-state index in [2.05, 4.69) is 10.4 Å². The first kappa shape index (κ1) is 15.4. The smallest absolute Gasteiger partial charge is 0.282 e. The van der Waals surface area contributed by atoms with Crippen LogP contribution in [0.3, 0.4) is 0 Å². The van der Waals surface area contributed by atoms with E-state index in [9.17, 15) is 13.2 Å². The molecule has 1 atom stereocenters. The maximum Gasteiger partial charge on any atom is 0.282 e. The molecule has 122 valence electrons. The van der Waals surface area contributed by atoms with E-state index in [0.29, 0.717) is 18.8 Å². The number of hydrogen-bond acceptors (Lipinski definition) is 4. The predicted molar refractivity (Wildman–Crippen MR) is 80.2 cm³/mol. The van der Waals surface area contributed by atoms with Gasteiger partial charge in [0.15, 0.2) is 0 Å². The number of nitrogens with zero attached hydrogens (tertiary/aromatic N) is 4. The van der Waals surface area contributed by atoms with Crippen LogP contribution >= 0.6 is 0 Å². The van der Waals surface area contributed by atoms with Crippen LogP contribution in [0.4, 0.5) is 0 Å². The molecule has 0 saturated carbocycles. The van der Waals surface area contributed by atoms with Gasteiger partial charge in [0.25, 0.3) is 10.2 Å². The van der Waals surface area contributed by atoms with E-state index in [1.807, 2.05) is 0 Å². The third-order valence-electron chi connectivity index (χ3n) is 4.28. The van der Waals surface area contributed by atoms with Crippen LogP contribution in [0.5, 0.6) is 0 Å². The first-order valence-corrected chi connectivity index (χ1v) is 8.82. The molecule has 1 aromatic rings. The Labute approximate surface area is 130 Å². The van der Waals surface area contributed by atoms with Crippen molar-refractivity contribution in [3.8, 4) is 0 Å². The van der Waals surface area contributed by atoms with Crippen LogP contribution < -0.4 is 5.32 Å². The molecule has 0 aliphatic carbocycles. The van der Waals surface area contributed by atoms with E-state index >= 15 is 0 Å². The molecule has 0 unspecified atom stereocenters. The molecule has 1 N–H and O–H groups in total. The van der Waals surface area contributed by atoms with Crippen LogP contribution in [0.25, 0.3) is 0 Å². The summed E-state index contributed by atoms with van der Waals surface area (Å²) >= 11 is 0. The fourth-order valence-electron chi connectivity index (χ4n) is 3.15. The lowest BCUT2D eigenvalue weighted by atomic mass is 9.97. The van der Waals surface area contributed by atoms with Crippen molar-refractivity contribution in [2.24, 2.45) is 7.05 Å². The summed E-state index contributed by atoms with van der Waals surface area (Å²) in [6.07, 6.45) is 3.57. The summed E-state index contributed by atoms with van der Waals surface area (Å²) < 4.78 is 30.1. The Kier molecular flexibility index (Phi) is 3.96. The van der Waals surface area contributed by atoms with Crippen LogP contribution in [0.15, 0.2) is 6.20 Å². The van der Waals surface area contributed by atoms with Crippen LogP contribution in [0.1, 0.15) is 30.0 Å². The molecule has 3 rings (SSSR count). The summed E-state index contributed by atoms with van der Waals surface area (Å²) in [6.45, 7) is 1.53. The van der Waals surface area contributed by atoms with Gasteiger partial charge in [-0.25, -0.2) is 0 Å². The van der Waals surface area contributed by atoms with Crippen LogP contribution in [-0.4, -0.2) is 59.4 Å². The third-order valence-corrected chi connectivity index (χ3v) is 6.23. The second-order valence-electron chi connectivity index (χ2n) is 5.79. The summed E-state index contributed by atoms with van der Waals surface area (Å²) in [4.78, 5) is 12.1. The highest BCUT2D eigenvalue weighted by molar-refractivity contribution is 7.86. The number of aryl methyl sites for hydroxylation is 1. The summed E-state index contributed by atoms with van der Waals surface area (Å²) in [5.74, 6) is -0.770. The minimum absolute atomic E-state index is 0.141. The van der Waals surface area contributed by atoms with Gasteiger partial charge in [-0.1, -0.05) is 0 Å². The second kappa shape index (κ2) is 5.64. The Morgan fingerprint density at radius 3 is 2.64 bits per heavy atom. The number of fused-ring (bicyclic) bond motifs is 1. The SMILES string of the molecule is CNC(=O)[C@@H]1CN(S(=O)(=O)N2CCCC2)Cc2cn(C)nc21. The Morgan fingerprint density at radius 1 is 1.32 bits per heavy atom. The summed E-state index contributed by atoms with van der Waals surface area (Å²) in [5, 5.41) is 6.94. The lowest BCUT2D eigenvalue weighted by molar-refractivity contribution is -0.122. The topological polar surface area (TPSA) is 87.5 Å². The van der Waals surface area contributed by atoms with Gasteiger partial charge in [0, 0.05) is 52.0 Å². The molecule has 1 amide bonds. The highest BCUT2D eigenvalue weighted by Gasteiger charge is 2.40. The molecule has 0 spiro atoms. The second-order valence-corrected chi connectivity index (χ2v) is 7.71. The highest BCUT2D eigenvalue weighted by atomic mass is 32.2. The fraction of sp³-hybridized carbons (Fsp3) is 0.692. The van der Waals surface area contributed by atoms with Crippen molar-refractivity contribution < 1.29 is 13.2 Å². The molecule has 0 bridgehead atoms. The number of amides is 1. The minimum Gasteiger partial charge on any atom is -0.359 e. The van der Waals surface area contributed by atoms with E-state index in [1.165, 1.54) is 8.61 Å². The average molecular weight is 327 g/mol. The zero-order valence-electron chi connectivity index (χ0n) is 12.8. The van der Waals surface area contributed by atoms with Gasteiger partial charge in [-0.05, 0) is 12.8 Å². The zero-order valence-corrected chi connectivity index (χ0v) is 13.6. The van der Waals surface area contributed by atoms with Gasteiger partial charge in [0.2, 0.25) is 5.91 Å². The largest absolute Gasteiger partial charge is 0.359 e. The quantitative estimate of drug-likeness (QED) is 0.803. The molecule has 1 fully saturated rings. The highest BCUT2D eigenvalue weighted by Crippen LogP contribution is 2.30.